The summed E-state index contributed by atoms with van der Waals surface area (Å²) >= 11 is 0. The van der Waals surface area contributed by atoms with Crippen molar-refractivity contribution in [2.24, 2.45) is 17.8 Å². The Labute approximate surface area is 135 Å². The molecule has 3 atom stereocenters. The summed E-state index contributed by atoms with van der Waals surface area (Å²) in [6.45, 7) is -0.773. The molecule has 2 bridgehead atoms. The number of fused-ring (bicyclic) bond motifs is 2. The van der Waals surface area contributed by atoms with Crippen LogP contribution in [0.5, 0.6) is 0 Å². The van der Waals surface area contributed by atoms with Gasteiger partial charge in [-0.1, -0.05) is 0 Å². The maximum Gasteiger partial charge on any atom is 0.267 e. The van der Waals surface area contributed by atoms with Gasteiger partial charge in [-0.25, -0.2) is 30.7 Å². The highest BCUT2D eigenvalue weighted by Gasteiger charge is 2.58. The van der Waals surface area contributed by atoms with E-state index in [1.165, 1.54) is 0 Å². The second-order valence-electron chi connectivity index (χ2n) is 6.26. The van der Waals surface area contributed by atoms with Gasteiger partial charge in [0.25, 0.3) is 22.4 Å². The molecule has 0 unspecified atom stereocenters. The molecule has 2 saturated carbocycles. The first-order valence-electron chi connectivity index (χ1n) is 7.33. The minimum atomic E-state index is -4.27. The Morgan fingerprint density at radius 3 is 2.67 bits per heavy atom. The summed E-state index contributed by atoms with van der Waals surface area (Å²) in [5, 5.41) is 3.49. The lowest BCUT2D eigenvalue weighted by Crippen LogP contribution is -2.40. The molecule has 24 heavy (non-hydrogen) atoms. The highest BCUT2D eigenvalue weighted by atomic mass is 32.2. The number of amides is 1. The first-order chi connectivity index (χ1) is 11.1. The number of aromatic nitrogens is 2. The Balaban J connectivity index is 1.67. The van der Waals surface area contributed by atoms with Gasteiger partial charge in [0.05, 0.1) is 6.20 Å². The van der Waals surface area contributed by atoms with Crippen LogP contribution in [0.3, 0.4) is 0 Å². The van der Waals surface area contributed by atoms with Gasteiger partial charge < -0.3 is 0 Å². The molecule has 2 aliphatic rings. The smallest absolute Gasteiger partial charge is 0.267 e. The van der Waals surface area contributed by atoms with E-state index in [-0.39, 0.29) is 12.8 Å². The summed E-state index contributed by atoms with van der Waals surface area (Å²) < 4.78 is 78.2. The zero-order valence-corrected chi connectivity index (χ0v) is 13.1. The molecule has 11 heteroatoms. The van der Waals surface area contributed by atoms with E-state index in [1.807, 2.05) is 4.72 Å². The molecule has 2 aliphatic carbocycles. The van der Waals surface area contributed by atoms with E-state index in [4.69, 9.17) is 0 Å². The van der Waals surface area contributed by atoms with Gasteiger partial charge in [-0.2, -0.15) is 5.10 Å². The minimum absolute atomic E-state index is 0.0519. The number of carbonyl (C=O) groups excluding carboxylic acids is 1. The summed E-state index contributed by atoms with van der Waals surface area (Å²) in [6, 6.07) is 0. The standard InChI is InChI=1S/C13H15F4N3O3S/c14-11(15)6-20-5-9(4-18-20)24(22,23)19-12(21)10-2-8-1-7(10)3-13(8,16)17/h4-5,7-8,10-11H,1-3,6H2,(H,19,21)/t7-,8-,10-/m1/s1. The van der Waals surface area contributed by atoms with Gasteiger partial charge >= 0.3 is 0 Å². The van der Waals surface area contributed by atoms with E-state index >= 15 is 0 Å². The van der Waals surface area contributed by atoms with Crippen LogP contribution in [-0.4, -0.2) is 36.5 Å². The molecule has 1 N–H and O–H groups in total. The van der Waals surface area contributed by atoms with Crippen LogP contribution in [0, 0.1) is 17.8 Å². The van der Waals surface area contributed by atoms with Crippen molar-refractivity contribution in [3.05, 3.63) is 12.4 Å². The first kappa shape index (κ1) is 17.2. The van der Waals surface area contributed by atoms with Crippen molar-refractivity contribution in [2.75, 3.05) is 0 Å². The maximum atomic E-state index is 13.5. The SMILES string of the molecule is O=C(NS(=O)(=O)c1cnn(CC(F)F)c1)[C@@H]1C[C@H]2C[C@@H]1CC2(F)F. The van der Waals surface area contributed by atoms with Crippen molar-refractivity contribution >= 4 is 15.9 Å². The highest BCUT2D eigenvalue weighted by Crippen LogP contribution is 2.56. The van der Waals surface area contributed by atoms with Crippen LogP contribution in [0.2, 0.25) is 0 Å². The number of hydrogen-bond donors (Lipinski definition) is 1. The molecule has 1 aromatic heterocycles. The second kappa shape index (κ2) is 5.71. The molecule has 0 spiro atoms. The molecular weight excluding hydrogens is 354 g/mol. The molecule has 0 aliphatic heterocycles. The van der Waals surface area contributed by atoms with Crippen LogP contribution in [-0.2, 0) is 21.4 Å². The Bertz CT molecular complexity index is 749. The average Bonchev–Trinajstić information content (AvgIpc) is 3.10. The van der Waals surface area contributed by atoms with Crippen LogP contribution >= 0.6 is 0 Å². The summed E-state index contributed by atoms with van der Waals surface area (Å²) in [4.78, 5) is 11.7. The van der Waals surface area contributed by atoms with E-state index in [0.717, 1.165) is 17.1 Å². The van der Waals surface area contributed by atoms with Gasteiger partial charge in [-0.15, -0.1) is 0 Å². The lowest BCUT2D eigenvalue weighted by molar-refractivity contribution is -0.128. The van der Waals surface area contributed by atoms with Gasteiger partial charge in [0.1, 0.15) is 11.4 Å². The number of halogens is 4. The quantitative estimate of drug-likeness (QED) is 0.800. The molecule has 1 aromatic rings. The molecule has 1 heterocycles. The Hall–Kier alpha value is -1.65. The minimum Gasteiger partial charge on any atom is -0.274 e. The third kappa shape index (κ3) is 3.13. The monoisotopic (exact) mass is 369 g/mol. The Morgan fingerprint density at radius 2 is 2.12 bits per heavy atom. The van der Waals surface area contributed by atoms with Crippen LogP contribution in [0.15, 0.2) is 17.3 Å². The topological polar surface area (TPSA) is 81.1 Å². The zero-order valence-electron chi connectivity index (χ0n) is 12.3. The van der Waals surface area contributed by atoms with E-state index in [2.05, 4.69) is 5.10 Å². The third-order valence-corrected chi connectivity index (χ3v) is 5.94. The predicted molar refractivity (Wildman–Crippen MR) is 72.8 cm³/mol. The second-order valence-corrected chi connectivity index (χ2v) is 7.94. The highest BCUT2D eigenvalue weighted by molar-refractivity contribution is 7.90. The number of alkyl halides is 4. The molecule has 6 nitrogen and oxygen atoms in total. The molecule has 1 amide bonds. The number of carbonyl (C=O) groups is 1. The predicted octanol–water partition coefficient (Wildman–Crippen LogP) is 1.63. The summed E-state index contributed by atoms with van der Waals surface area (Å²) in [7, 11) is -4.27. The first-order valence-corrected chi connectivity index (χ1v) is 8.82. The molecule has 3 rings (SSSR count). The van der Waals surface area contributed by atoms with Crippen LogP contribution < -0.4 is 4.72 Å². The van der Waals surface area contributed by atoms with E-state index < -0.39 is 63.9 Å². The van der Waals surface area contributed by atoms with Gasteiger partial charge in [0.2, 0.25) is 5.91 Å². The van der Waals surface area contributed by atoms with E-state index in [0.29, 0.717) is 0 Å². The normalized spacial score (nSPS) is 28.5. The molecule has 0 saturated heterocycles. The summed E-state index contributed by atoms with van der Waals surface area (Å²) in [6.07, 6.45) is -1.22. The Morgan fingerprint density at radius 1 is 1.42 bits per heavy atom. The number of sulfonamides is 1. The average molecular weight is 369 g/mol. The summed E-state index contributed by atoms with van der Waals surface area (Å²) in [5.41, 5.74) is 0. The van der Waals surface area contributed by atoms with Crippen molar-refractivity contribution in [2.45, 2.75) is 43.1 Å². The lowest BCUT2D eigenvalue weighted by atomic mass is 9.86. The molecule has 0 aromatic carbocycles. The number of nitrogens with one attached hydrogen (secondary N) is 1. The van der Waals surface area contributed by atoms with Gasteiger partial charge in [-0.05, 0) is 18.8 Å². The number of hydrogen-bond acceptors (Lipinski definition) is 4. The van der Waals surface area contributed by atoms with Crippen molar-refractivity contribution < 1.29 is 30.8 Å². The van der Waals surface area contributed by atoms with Gasteiger partial charge in [0.15, 0.2) is 0 Å². The van der Waals surface area contributed by atoms with E-state index in [1.54, 1.807) is 0 Å². The van der Waals surface area contributed by atoms with Crippen molar-refractivity contribution in [1.29, 1.82) is 0 Å². The molecular formula is C13H15F4N3O3S. The fourth-order valence-corrected chi connectivity index (χ4v) is 4.50. The van der Waals surface area contributed by atoms with E-state index in [9.17, 15) is 30.8 Å². The molecule has 0 radical (unpaired) electrons. The third-order valence-electron chi connectivity index (χ3n) is 4.64. The Kier molecular flexibility index (Phi) is 4.09. The fourth-order valence-electron chi connectivity index (χ4n) is 3.52. The van der Waals surface area contributed by atoms with Crippen molar-refractivity contribution in [3.63, 3.8) is 0 Å². The lowest BCUT2D eigenvalue weighted by Gasteiger charge is -2.26. The number of rotatable bonds is 5. The van der Waals surface area contributed by atoms with Crippen LogP contribution in [0.25, 0.3) is 0 Å². The number of nitrogens with zero attached hydrogens (tertiary/aromatic N) is 2. The van der Waals surface area contributed by atoms with Gasteiger partial charge in [-0.3, -0.25) is 9.48 Å². The largest absolute Gasteiger partial charge is 0.274 e. The summed E-state index contributed by atoms with van der Waals surface area (Å²) in [5.74, 6) is -5.84. The van der Waals surface area contributed by atoms with Crippen molar-refractivity contribution in [3.8, 4) is 0 Å². The molecule has 2 fully saturated rings. The van der Waals surface area contributed by atoms with Crippen molar-refractivity contribution in [1.82, 2.24) is 14.5 Å². The maximum absolute atomic E-state index is 13.5. The zero-order chi connectivity index (χ0) is 17.7. The molecule has 134 valence electrons. The van der Waals surface area contributed by atoms with Gasteiger partial charge in [0, 0.05) is 24.5 Å². The van der Waals surface area contributed by atoms with Crippen LogP contribution in [0.1, 0.15) is 19.3 Å². The van der Waals surface area contributed by atoms with Crippen LogP contribution in [0.4, 0.5) is 17.6 Å². The fraction of sp³-hybridized carbons (Fsp3) is 0.692.